The van der Waals surface area contributed by atoms with Gasteiger partial charge < -0.3 is 19.1 Å². The molecule has 152 valence electrons. The van der Waals surface area contributed by atoms with E-state index in [0.29, 0.717) is 29.4 Å². The summed E-state index contributed by atoms with van der Waals surface area (Å²) in [5.74, 6) is -0.454. The maximum atomic E-state index is 12.4. The Morgan fingerprint density at radius 1 is 1.10 bits per heavy atom. The van der Waals surface area contributed by atoms with Crippen LogP contribution in [0.4, 0.5) is 5.69 Å². The van der Waals surface area contributed by atoms with Crippen LogP contribution in [0.25, 0.3) is 0 Å². The third kappa shape index (κ3) is 4.74. The van der Waals surface area contributed by atoms with E-state index < -0.39 is 11.9 Å². The van der Waals surface area contributed by atoms with Crippen molar-refractivity contribution in [3.05, 3.63) is 54.1 Å². The van der Waals surface area contributed by atoms with Gasteiger partial charge in [0.25, 0.3) is 0 Å². The van der Waals surface area contributed by atoms with E-state index in [1.165, 1.54) is 12.0 Å². The highest BCUT2D eigenvalue weighted by Crippen LogP contribution is 2.33. The van der Waals surface area contributed by atoms with Crippen LogP contribution in [0.2, 0.25) is 0 Å². The van der Waals surface area contributed by atoms with Crippen molar-refractivity contribution in [2.24, 2.45) is 5.92 Å². The Morgan fingerprint density at radius 2 is 1.83 bits per heavy atom. The van der Waals surface area contributed by atoms with E-state index >= 15 is 0 Å². The SMILES string of the molecule is CCOc1ccccc1N1C[C@@H](C(=O)OCC(=O)c2ccc(OC)cc2)CC1=O. The van der Waals surface area contributed by atoms with E-state index in [1.54, 1.807) is 36.4 Å². The summed E-state index contributed by atoms with van der Waals surface area (Å²) in [7, 11) is 1.54. The van der Waals surface area contributed by atoms with Gasteiger partial charge in [-0.2, -0.15) is 0 Å². The Morgan fingerprint density at radius 3 is 2.52 bits per heavy atom. The predicted octanol–water partition coefficient (Wildman–Crippen LogP) is 2.87. The van der Waals surface area contributed by atoms with Crippen LogP contribution < -0.4 is 14.4 Å². The van der Waals surface area contributed by atoms with Gasteiger partial charge in [-0.15, -0.1) is 0 Å². The summed E-state index contributed by atoms with van der Waals surface area (Å²) >= 11 is 0. The maximum Gasteiger partial charge on any atom is 0.311 e. The molecule has 1 fully saturated rings. The standard InChI is InChI=1S/C22H23NO6/c1-3-28-20-7-5-4-6-18(20)23-13-16(12-21(23)25)22(26)29-14-19(24)15-8-10-17(27-2)11-9-15/h4-11,16H,3,12-14H2,1-2H3/t16-/m0/s1. The molecule has 0 aliphatic carbocycles. The van der Waals surface area contributed by atoms with Crippen molar-refractivity contribution < 1.29 is 28.6 Å². The molecule has 0 unspecified atom stereocenters. The Bertz CT molecular complexity index is 892. The average molecular weight is 397 g/mol. The van der Waals surface area contributed by atoms with E-state index in [0.717, 1.165) is 0 Å². The molecule has 1 aliphatic rings. The monoisotopic (exact) mass is 397 g/mol. The highest BCUT2D eigenvalue weighted by atomic mass is 16.5. The largest absolute Gasteiger partial charge is 0.497 e. The number of Topliss-reactive ketones (excluding diaryl/α,β-unsaturated/α-hetero) is 1. The van der Waals surface area contributed by atoms with Crippen molar-refractivity contribution in [3.63, 3.8) is 0 Å². The van der Waals surface area contributed by atoms with Gasteiger partial charge in [0.05, 0.1) is 25.3 Å². The zero-order valence-corrected chi connectivity index (χ0v) is 16.4. The average Bonchev–Trinajstić information content (AvgIpc) is 3.14. The molecule has 0 aromatic heterocycles. The molecule has 0 bridgehead atoms. The minimum atomic E-state index is -0.624. The fourth-order valence-corrected chi connectivity index (χ4v) is 3.17. The molecule has 1 aliphatic heterocycles. The van der Waals surface area contributed by atoms with Crippen LogP contribution in [0.15, 0.2) is 48.5 Å². The maximum absolute atomic E-state index is 12.4. The number of anilines is 1. The van der Waals surface area contributed by atoms with Gasteiger partial charge >= 0.3 is 5.97 Å². The second-order valence-corrected chi connectivity index (χ2v) is 6.57. The highest BCUT2D eigenvalue weighted by molar-refractivity contribution is 6.01. The predicted molar refractivity (Wildman–Crippen MR) is 106 cm³/mol. The Balaban J connectivity index is 1.59. The molecule has 0 N–H and O–H groups in total. The fraction of sp³-hybridized carbons (Fsp3) is 0.318. The molecule has 7 nitrogen and oxygen atoms in total. The number of ether oxygens (including phenoxy) is 3. The first kappa shape index (κ1) is 20.4. The van der Waals surface area contributed by atoms with Crippen LogP contribution in [0, 0.1) is 5.92 Å². The number of carbonyl (C=O) groups excluding carboxylic acids is 3. The lowest BCUT2D eigenvalue weighted by atomic mass is 10.1. The molecular weight excluding hydrogens is 374 g/mol. The van der Waals surface area contributed by atoms with Crippen molar-refractivity contribution in [1.82, 2.24) is 0 Å². The molecule has 1 amide bonds. The van der Waals surface area contributed by atoms with Crippen molar-refractivity contribution in [3.8, 4) is 11.5 Å². The minimum Gasteiger partial charge on any atom is -0.497 e. The summed E-state index contributed by atoms with van der Waals surface area (Å²) < 4.78 is 15.8. The zero-order valence-electron chi connectivity index (χ0n) is 16.4. The molecule has 3 rings (SSSR count). The first-order valence-corrected chi connectivity index (χ1v) is 9.39. The lowest BCUT2D eigenvalue weighted by Crippen LogP contribution is -2.27. The summed E-state index contributed by atoms with van der Waals surface area (Å²) in [5, 5.41) is 0. The number of ketones is 1. The van der Waals surface area contributed by atoms with E-state index in [9.17, 15) is 14.4 Å². The number of carbonyl (C=O) groups is 3. The Labute approximate surface area is 169 Å². The number of para-hydroxylation sites is 2. The molecule has 1 atom stereocenters. The number of rotatable bonds is 8. The Hall–Kier alpha value is -3.35. The number of nitrogens with zero attached hydrogens (tertiary/aromatic N) is 1. The third-order valence-electron chi connectivity index (χ3n) is 4.67. The fourth-order valence-electron chi connectivity index (χ4n) is 3.17. The molecule has 0 saturated carbocycles. The number of esters is 1. The van der Waals surface area contributed by atoms with Gasteiger partial charge in [-0.05, 0) is 43.3 Å². The van der Waals surface area contributed by atoms with Gasteiger partial charge in [-0.1, -0.05) is 12.1 Å². The van der Waals surface area contributed by atoms with Crippen LogP contribution in [0.3, 0.4) is 0 Å². The number of methoxy groups -OCH3 is 1. The number of amides is 1. The molecule has 7 heteroatoms. The number of benzene rings is 2. The summed E-state index contributed by atoms with van der Waals surface area (Å²) in [5.41, 5.74) is 1.05. The van der Waals surface area contributed by atoms with Gasteiger partial charge in [0, 0.05) is 18.5 Å². The summed E-state index contributed by atoms with van der Waals surface area (Å²) in [6, 6.07) is 13.8. The summed E-state index contributed by atoms with van der Waals surface area (Å²) in [6.45, 7) is 2.16. The zero-order chi connectivity index (χ0) is 20.8. The van der Waals surface area contributed by atoms with Crippen LogP contribution in [-0.2, 0) is 14.3 Å². The quantitative estimate of drug-likeness (QED) is 0.503. The molecule has 2 aromatic carbocycles. The van der Waals surface area contributed by atoms with Gasteiger partial charge in [-0.3, -0.25) is 14.4 Å². The van der Waals surface area contributed by atoms with Gasteiger partial charge in [0.15, 0.2) is 12.4 Å². The molecular formula is C22H23NO6. The summed E-state index contributed by atoms with van der Waals surface area (Å²) in [6.07, 6.45) is 0.0377. The van der Waals surface area contributed by atoms with Gasteiger partial charge in [0.1, 0.15) is 11.5 Å². The lowest BCUT2D eigenvalue weighted by molar-refractivity contribution is -0.147. The first-order valence-electron chi connectivity index (χ1n) is 9.39. The molecule has 0 radical (unpaired) electrons. The minimum absolute atomic E-state index is 0.0377. The lowest BCUT2D eigenvalue weighted by Gasteiger charge is -2.19. The smallest absolute Gasteiger partial charge is 0.311 e. The van der Waals surface area contributed by atoms with E-state index in [4.69, 9.17) is 14.2 Å². The first-order chi connectivity index (χ1) is 14.0. The second-order valence-electron chi connectivity index (χ2n) is 6.57. The molecule has 1 saturated heterocycles. The molecule has 1 heterocycles. The van der Waals surface area contributed by atoms with E-state index in [-0.39, 0.29) is 31.3 Å². The molecule has 2 aromatic rings. The van der Waals surface area contributed by atoms with Gasteiger partial charge in [0.2, 0.25) is 5.91 Å². The molecule has 0 spiro atoms. The van der Waals surface area contributed by atoms with Crippen molar-refractivity contribution >= 4 is 23.3 Å². The van der Waals surface area contributed by atoms with E-state index in [2.05, 4.69) is 0 Å². The topological polar surface area (TPSA) is 82.1 Å². The van der Waals surface area contributed by atoms with Crippen molar-refractivity contribution in [1.29, 1.82) is 0 Å². The second kappa shape index (κ2) is 9.23. The van der Waals surface area contributed by atoms with Crippen molar-refractivity contribution in [2.75, 3.05) is 31.8 Å². The van der Waals surface area contributed by atoms with Crippen molar-refractivity contribution in [2.45, 2.75) is 13.3 Å². The van der Waals surface area contributed by atoms with Gasteiger partial charge in [-0.25, -0.2) is 0 Å². The number of hydrogen-bond donors (Lipinski definition) is 0. The third-order valence-corrected chi connectivity index (χ3v) is 4.67. The van der Waals surface area contributed by atoms with Crippen LogP contribution in [0.1, 0.15) is 23.7 Å². The summed E-state index contributed by atoms with van der Waals surface area (Å²) in [4.78, 5) is 38.6. The van der Waals surface area contributed by atoms with Crippen LogP contribution >= 0.6 is 0 Å². The van der Waals surface area contributed by atoms with Crippen LogP contribution in [0.5, 0.6) is 11.5 Å². The van der Waals surface area contributed by atoms with E-state index in [1.807, 2.05) is 19.1 Å². The van der Waals surface area contributed by atoms with Crippen LogP contribution in [-0.4, -0.2) is 44.5 Å². The molecule has 29 heavy (non-hydrogen) atoms. The number of hydrogen-bond acceptors (Lipinski definition) is 6. The normalized spacial score (nSPS) is 15.9. The highest BCUT2D eigenvalue weighted by Gasteiger charge is 2.37. The Kier molecular flexibility index (Phi) is 6.49.